The van der Waals surface area contributed by atoms with Crippen LogP contribution in [-0.2, 0) is 9.84 Å². The largest absolute Gasteiger partial charge is 0.379 e. The van der Waals surface area contributed by atoms with Gasteiger partial charge in [0.25, 0.3) is 5.91 Å². The number of imidazole rings is 1. The predicted octanol–water partition coefficient (Wildman–Crippen LogP) is 1.73. The maximum Gasteiger partial charge on any atom is 0.258 e. The smallest absolute Gasteiger partial charge is 0.258 e. The van der Waals surface area contributed by atoms with Crippen molar-refractivity contribution in [2.45, 2.75) is 4.90 Å². The van der Waals surface area contributed by atoms with Gasteiger partial charge in [0.05, 0.1) is 4.90 Å². The molecule has 0 bridgehead atoms. The van der Waals surface area contributed by atoms with Crippen LogP contribution in [0.1, 0.15) is 10.4 Å². The number of aromatic amines is 1. The Hall–Kier alpha value is -3.66. The quantitative estimate of drug-likeness (QED) is 0.293. The highest BCUT2D eigenvalue weighted by atomic mass is 32.2. The third-order valence-electron chi connectivity index (χ3n) is 3.64. The SMILES string of the molecule is CS(=O)(=O)c1cccc(C(=O)NC(=N)NOc2cccc(-c3ncc[nH]3)c2)c1. The summed E-state index contributed by atoms with van der Waals surface area (Å²) in [4.78, 5) is 24.6. The Balaban J connectivity index is 1.60. The van der Waals surface area contributed by atoms with Crippen LogP contribution in [0.15, 0.2) is 65.8 Å². The Bertz CT molecular complexity index is 1110. The van der Waals surface area contributed by atoms with Gasteiger partial charge < -0.3 is 9.82 Å². The number of guanidine groups is 1. The van der Waals surface area contributed by atoms with E-state index in [-0.39, 0.29) is 10.5 Å². The summed E-state index contributed by atoms with van der Waals surface area (Å²) in [6, 6.07) is 12.5. The highest BCUT2D eigenvalue weighted by molar-refractivity contribution is 7.90. The summed E-state index contributed by atoms with van der Waals surface area (Å²) in [7, 11) is -3.44. The number of nitrogens with zero attached hydrogens (tertiary/aromatic N) is 1. The fourth-order valence-corrected chi connectivity index (χ4v) is 2.99. The second kappa shape index (κ2) is 7.92. The summed E-state index contributed by atoms with van der Waals surface area (Å²) in [6.45, 7) is 0. The second-order valence-corrected chi connectivity index (χ2v) is 7.81. The van der Waals surface area contributed by atoms with Crippen LogP contribution in [0.3, 0.4) is 0 Å². The van der Waals surface area contributed by atoms with Gasteiger partial charge in [-0.1, -0.05) is 18.2 Å². The first-order valence-corrected chi connectivity index (χ1v) is 9.95. The average molecular weight is 399 g/mol. The molecule has 0 atom stereocenters. The van der Waals surface area contributed by atoms with Crippen molar-refractivity contribution in [3.63, 3.8) is 0 Å². The summed E-state index contributed by atoms with van der Waals surface area (Å²) in [6.07, 6.45) is 4.38. The molecule has 3 rings (SSSR count). The standard InChI is InChI=1S/C18H17N5O4S/c1-28(25,26)15-7-3-5-13(11-15)17(24)22-18(19)23-27-14-6-2-4-12(10-14)16-20-8-9-21-16/h2-11H,1H3,(H,20,21)(H3,19,22,23,24). The fourth-order valence-electron chi connectivity index (χ4n) is 2.32. The predicted molar refractivity (Wildman–Crippen MR) is 103 cm³/mol. The normalized spacial score (nSPS) is 10.9. The molecule has 0 aliphatic carbocycles. The number of nitrogens with one attached hydrogen (secondary N) is 4. The lowest BCUT2D eigenvalue weighted by molar-refractivity contribution is 0.0971. The van der Waals surface area contributed by atoms with Gasteiger partial charge in [-0.2, -0.15) is 5.48 Å². The van der Waals surface area contributed by atoms with Crippen LogP contribution in [0.4, 0.5) is 0 Å². The van der Waals surface area contributed by atoms with E-state index in [4.69, 9.17) is 10.2 Å². The van der Waals surface area contributed by atoms with Crippen molar-refractivity contribution in [2.24, 2.45) is 0 Å². The van der Waals surface area contributed by atoms with Gasteiger partial charge in [-0.05, 0) is 30.3 Å². The minimum atomic E-state index is -3.44. The number of sulfone groups is 1. The van der Waals surface area contributed by atoms with Gasteiger partial charge in [-0.3, -0.25) is 15.5 Å². The minimum absolute atomic E-state index is 0.0191. The first-order chi connectivity index (χ1) is 13.3. The van der Waals surface area contributed by atoms with Crippen molar-refractivity contribution in [2.75, 3.05) is 6.26 Å². The van der Waals surface area contributed by atoms with E-state index < -0.39 is 21.7 Å². The molecule has 28 heavy (non-hydrogen) atoms. The molecular formula is C18H17N5O4S. The van der Waals surface area contributed by atoms with Crippen molar-refractivity contribution in [1.82, 2.24) is 20.8 Å². The summed E-state index contributed by atoms with van der Waals surface area (Å²) in [5, 5.41) is 10.1. The monoisotopic (exact) mass is 399 g/mol. The minimum Gasteiger partial charge on any atom is -0.379 e. The van der Waals surface area contributed by atoms with E-state index in [0.29, 0.717) is 11.6 Å². The van der Waals surface area contributed by atoms with Crippen LogP contribution in [-0.4, -0.2) is 36.5 Å². The van der Waals surface area contributed by atoms with E-state index >= 15 is 0 Å². The maximum absolute atomic E-state index is 12.2. The van der Waals surface area contributed by atoms with E-state index in [9.17, 15) is 13.2 Å². The Kier molecular flexibility index (Phi) is 5.41. The Labute approximate surface area is 161 Å². The number of hydrogen-bond donors (Lipinski definition) is 4. The van der Waals surface area contributed by atoms with Gasteiger partial charge in [0.2, 0.25) is 5.96 Å². The molecule has 0 spiro atoms. The summed E-state index contributed by atoms with van der Waals surface area (Å²) in [5.41, 5.74) is 3.21. The number of hydrogen-bond acceptors (Lipinski definition) is 6. The maximum atomic E-state index is 12.2. The number of carbonyl (C=O) groups excluding carboxylic acids is 1. The van der Waals surface area contributed by atoms with Gasteiger partial charge in [0.15, 0.2) is 15.6 Å². The topological polar surface area (TPSA) is 137 Å². The molecule has 0 radical (unpaired) electrons. The number of H-pyrrole nitrogens is 1. The van der Waals surface area contributed by atoms with Crippen molar-refractivity contribution >= 4 is 21.7 Å². The molecule has 4 N–H and O–H groups in total. The number of hydroxylamine groups is 1. The van der Waals surface area contributed by atoms with Crippen molar-refractivity contribution in [1.29, 1.82) is 5.41 Å². The number of rotatable bonds is 5. The Morgan fingerprint density at radius 1 is 1.18 bits per heavy atom. The molecule has 9 nitrogen and oxygen atoms in total. The lowest BCUT2D eigenvalue weighted by atomic mass is 10.2. The van der Waals surface area contributed by atoms with Crippen LogP contribution in [0.2, 0.25) is 0 Å². The number of benzene rings is 2. The molecule has 2 aromatic carbocycles. The first-order valence-electron chi connectivity index (χ1n) is 8.05. The average Bonchev–Trinajstić information content (AvgIpc) is 3.21. The molecule has 0 aliphatic rings. The zero-order chi connectivity index (χ0) is 20.1. The van der Waals surface area contributed by atoms with Crippen molar-refractivity contribution in [3.05, 3.63) is 66.5 Å². The van der Waals surface area contributed by atoms with Crippen LogP contribution in [0, 0.1) is 5.41 Å². The van der Waals surface area contributed by atoms with Gasteiger partial charge in [0, 0.05) is 29.8 Å². The molecule has 10 heteroatoms. The molecule has 1 aromatic heterocycles. The Morgan fingerprint density at radius 2 is 1.96 bits per heavy atom. The van der Waals surface area contributed by atoms with Gasteiger partial charge in [-0.15, -0.1) is 0 Å². The lowest BCUT2D eigenvalue weighted by Gasteiger charge is -2.11. The molecule has 0 aliphatic heterocycles. The number of carbonyl (C=O) groups is 1. The lowest BCUT2D eigenvalue weighted by Crippen LogP contribution is -2.41. The second-order valence-electron chi connectivity index (χ2n) is 5.80. The van der Waals surface area contributed by atoms with Crippen LogP contribution < -0.4 is 15.6 Å². The molecule has 3 aromatic rings. The Morgan fingerprint density at radius 3 is 2.68 bits per heavy atom. The molecule has 1 heterocycles. The molecular weight excluding hydrogens is 382 g/mol. The molecule has 144 valence electrons. The molecule has 0 fully saturated rings. The third-order valence-corrected chi connectivity index (χ3v) is 4.75. The molecule has 0 unspecified atom stereocenters. The van der Waals surface area contributed by atoms with Gasteiger partial charge >= 0.3 is 0 Å². The van der Waals surface area contributed by atoms with Crippen molar-refractivity contribution in [3.8, 4) is 17.1 Å². The van der Waals surface area contributed by atoms with E-state index in [0.717, 1.165) is 11.8 Å². The molecule has 0 saturated heterocycles. The molecule has 0 saturated carbocycles. The fraction of sp³-hybridized carbons (Fsp3) is 0.0556. The van der Waals surface area contributed by atoms with E-state index in [1.54, 1.807) is 30.6 Å². The summed E-state index contributed by atoms with van der Waals surface area (Å²) < 4.78 is 23.2. The molecule has 1 amide bonds. The highest BCUT2D eigenvalue weighted by Crippen LogP contribution is 2.20. The van der Waals surface area contributed by atoms with Crippen LogP contribution in [0.25, 0.3) is 11.4 Å². The highest BCUT2D eigenvalue weighted by Gasteiger charge is 2.13. The summed E-state index contributed by atoms with van der Waals surface area (Å²) >= 11 is 0. The zero-order valence-corrected chi connectivity index (χ0v) is 15.6. The van der Waals surface area contributed by atoms with Gasteiger partial charge in [-0.25, -0.2) is 13.4 Å². The van der Waals surface area contributed by atoms with Crippen LogP contribution >= 0.6 is 0 Å². The number of aromatic nitrogens is 2. The van der Waals surface area contributed by atoms with Crippen molar-refractivity contribution < 1.29 is 18.0 Å². The van der Waals surface area contributed by atoms with E-state index in [2.05, 4.69) is 20.8 Å². The number of amides is 1. The van der Waals surface area contributed by atoms with E-state index in [1.165, 1.54) is 24.3 Å². The summed E-state index contributed by atoms with van der Waals surface area (Å²) in [5.74, 6) is 0.0284. The van der Waals surface area contributed by atoms with Gasteiger partial charge in [0.1, 0.15) is 5.82 Å². The first kappa shape index (κ1) is 19.1. The zero-order valence-electron chi connectivity index (χ0n) is 14.8. The third kappa shape index (κ3) is 4.74. The van der Waals surface area contributed by atoms with E-state index in [1.807, 2.05) is 6.07 Å². The van der Waals surface area contributed by atoms with Crippen LogP contribution in [0.5, 0.6) is 5.75 Å².